The lowest BCUT2D eigenvalue weighted by Gasteiger charge is -2.04. The second-order valence-electron chi connectivity index (χ2n) is 5.39. The molecule has 130 valence electrons. The van der Waals surface area contributed by atoms with E-state index >= 15 is 0 Å². The zero-order valence-electron chi connectivity index (χ0n) is 14.0. The van der Waals surface area contributed by atoms with Crippen LogP contribution in [0.1, 0.15) is 5.82 Å². The van der Waals surface area contributed by atoms with Gasteiger partial charge in [0.15, 0.2) is 0 Å². The fraction of sp³-hybridized carbons (Fsp3) is 0.222. The first-order chi connectivity index (χ1) is 12.1. The number of hydrogen-bond donors (Lipinski definition) is 0. The van der Waals surface area contributed by atoms with Crippen molar-refractivity contribution < 1.29 is 9.13 Å². The van der Waals surface area contributed by atoms with Crippen molar-refractivity contribution in [3.63, 3.8) is 0 Å². The van der Waals surface area contributed by atoms with Gasteiger partial charge in [-0.05, 0) is 55.5 Å². The van der Waals surface area contributed by atoms with E-state index in [-0.39, 0.29) is 11.5 Å². The van der Waals surface area contributed by atoms with Crippen LogP contribution in [-0.2, 0) is 6.54 Å². The predicted octanol–water partition coefficient (Wildman–Crippen LogP) is 3.28. The Kier molecular flexibility index (Phi) is 5.23. The smallest absolute Gasteiger partial charge is 0.350 e. The van der Waals surface area contributed by atoms with Crippen molar-refractivity contribution >= 4 is 11.8 Å². The molecule has 7 heteroatoms. The number of thioether (sulfide) groups is 1. The molecule has 1 aromatic heterocycles. The minimum atomic E-state index is -0.253. The van der Waals surface area contributed by atoms with E-state index in [1.807, 2.05) is 6.92 Å². The van der Waals surface area contributed by atoms with Crippen LogP contribution in [0.3, 0.4) is 0 Å². The standard InChI is InChI=1S/C18H18FN3O2S/c1-13-20-22(15-5-7-16(24-2)8-6-15)18(23)21(13)11-12-25-17-9-3-14(19)4-10-17/h3-10H,11-12H2,1-2H3. The molecule has 0 fully saturated rings. The lowest BCUT2D eigenvalue weighted by molar-refractivity contribution is 0.414. The van der Waals surface area contributed by atoms with Crippen molar-refractivity contribution in [2.24, 2.45) is 0 Å². The number of aromatic nitrogens is 3. The Morgan fingerprint density at radius 2 is 1.80 bits per heavy atom. The lowest BCUT2D eigenvalue weighted by Crippen LogP contribution is -2.25. The van der Waals surface area contributed by atoms with Crippen molar-refractivity contribution in [1.29, 1.82) is 0 Å². The van der Waals surface area contributed by atoms with Gasteiger partial charge in [-0.15, -0.1) is 11.8 Å². The van der Waals surface area contributed by atoms with Crippen LogP contribution < -0.4 is 10.4 Å². The molecule has 0 aliphatic carbocycles. The summed E-state index contributed by atoms with van der Waals surface area (Å²) < 4.78 is 21.1. The van der Waals surface area contributed by atoms with E-state index in [1.165, 1.54) is 16.8 Å². The highest BCUT2D eigenvalue weighted by atomic mass is 32.2. The van der Waals surface area contributed by atoms with Gasteiger partial charge in [0, 0.05) is 17.2 Å². The molecular formula is C18H18FN3O2S. The number of benzene rings is 2. The van der Waals surface area contributed by atoms with E-state index in [0.717, 1.165) is 10.6 Å². The Morgan fingerprint density at radius 1 is 1.12 bits per heavy atom. The fourth-order valence-corrected chi connectivity index (χ4v) is 3.27. The molecule has 2 aromatic carbocycles. The molecule has 5 nitrogen and oxygen atoms in total. The SMILES string of the molecule is COc1ccc(-n2nc(C)n(CCSc3ccc(F)cc3)c2=O)cc1. The molecule has 0 aliphatic heterocycles. The summed E-state index contributed by atoms with van der Waals surface area (Å²) in [5, 5.41) is 4.34. The van der Waals surface area contributed by atoms with Crippen molar-refractivity contribution in [3.8, 4) is 11.4 Å². The molecule has 1 heterocycles. The summed E-state index contributed by atoms with van der Waals surface area (Å²) in [5.41, 5.74) is 0.515. The van der Waals surface area contributed by atoms with Crippen molar-refractivity contribution in [2.45, 2.75) is 18.4 Å². The highest BCUT2D eigenvalue weighted by Gasteiger charge is 2.11. The Balaban J connectivity index is 1.73. The topological polar surface area (TPSA) is 49.0 Å². The minimum Gasteiger partial charge on any atom is -0.497 e. The number of halogens is 1. The third-order valence-electron chi connectivity index (χ3n) is 3.76. The molecule has 0 spiro atoms. The van der Waals surface area contributed by atoms with Crippen molar-refractivity contribution in [3.05, 3.63) is 70.7 Å². The van der Waals surface area contributed by atoms with Gasteiger partial charge in [0.1, 0.15) is 17.4 Å². The zero-order valence-corrected chi connectivity index (χ0v) is 14.8. The first-order valence-corrected chi connectivity index (χ1v) is 8.76. The maximum Gasteiger partial charge on any atom is 0.350 e. The molecule has 3 aromatic rings. The maximum atomic E-state index is 12.9. The molecule has 0 bridgehead atoms. The molecule has 0 N–H and O–H groups in total. The van der Waals surface area contributed by atoms with Gasteiger partial charge >= 0.3 is 5.69 Å². The quantitative estimate of drug-likeness (QED) is 0.634. The number of methoxy groups -OCH3 is 1. The van der Waals surface area contributed by atoms with Gasteiger partial charge < -0.3 is 4.74 Å². The Bertz CT molecular complexity index is 902. The lowest BCUT2D eigenvalue weighted by atomic mass is 10.3. The third kappa shape index (κ3) is 3.93. The molecular weight excluding hydrogens is 341 g/mol. The minimum absolute atomic E-state index is 0.178. The van der Waals surface area contributed by atoms with Crippen LogP contribution in [0.2, 0.25) is 0 Å². The summed E-state index contributed by atoms with van der Waals surface area (Å²) in [6.07, 6.45) is 0. The molecule has 0 saturated carbocycles. The van der Waals surface area contributed by atoms with E-state index in [1.54, 1.807) is 59.8 Å². The largest absolute Gasteiger partial charge is 0.497 e. The van der Waals surface area contributed by atoms with Gasteiger partial charge in [-0.2, -0.15) is 9.78 Å². The average molecular weight is 359 g/mol. The molecule has 3 rings (SSSR count). The van der Waals surface area contributed by atoms with Crippen LogP contribution in [0.5, 0.6) is 5.75 Å². The predicted molar refractivity (Wildman–Crippen MR) is 96.2 cm³/mol. The number of ether oxygens (including phenoxy) is 1. The summed E-state index contributed by atoms with van der Waals surface area (Å²) in [4.78, 5) is 13.6. The molecule has 25 heavy (non-hydrogen) atoms. The van der Waals surface area contributed by atoms with E-state index in [0.29, 0.717) is 23.8 Å². The Morgan fingerprint density at radius 3 is 2.44 bits per heavy atom. The first kappa shape index (κ1) is 17.3. The number of aryl methyl sites for hydroxylation is 1. The highest BCUT2D eigenvalue weighted by molar-refractivity contribution is 7.99. The highest BCUT2D eigenvalue weighted by Crippen LogP contribution is 2.18. The van der Waals surface area contributed by atoms with Crippen LogP contribution in [0, 0.1) is 12.7 Å². The molecule has 0 atom stereocenters. The van der Waals surface area contributed by atoms with Gasteiger partial charge in [0.25, 0.3) is 0 Å². The van der Waals surface area contributed by atoms with Gasteiger partial charge in [-0.25, -0.2) is 9.18 Å². The van der Waals surface area contributed by atoms with E-state index < -0.39 is 0 Å². The number of nitrogens with zero attached hydrogens (tertiary/aromatic N) is 3. The molecule has 0 amide bonds. The maximum absolute atomic E-state index is 12.9. The fourth-order valence-electron chi connectivity index (χ4n) is 2.43. The van der Waals surface area contributed by atoms with Gasteiger partial charge in [-0.3, -0.25) is 4.57 Å². The van der Waals surface area contributed by atoms with Gasteiger partial charge in [-0.1, -0.05) is 0 Å². The third-order valence-corrected chi connectivity index (χ3v) is 4.75. The van der Waals surface area contributed by atoms with Crippen molar-refractivity contribution in [2.75, 3.05) is 12.9 Å². The van der Waals surface area contributed by atoms with Crippen LogP contribution >= 0.6 is 11.8 Å². The van der Waals surface area contributed by atoms with Crippen LogP contribution in [-0.4, -0.2) is 27.2 Å². The van der Waals surface area contributed by atoms with E-state index in [4.69, 9.17) is 4.74 Å². The van der Waals surface area contributed by atoms with Gasteiger partial charge in [0.2, 0.25) is 0 Å². The second kappa shape index (κ2) is 7.57. The molecule has 0 saturated heterocycles. The summed E-state index contributed by atoms with van der Waals surface area (Å²) in [6, 6.07) is 13.5. The Labute approximate surface area is 149 Å². The van der Waals surface area contributed by atoms with Crippen LogP contribution in [0.15, 0.2) is 58.2 Å². The first-order valence-electron chi connectivity index (χ1n) is 7.78. The van der Waals surface area contributed by atoms with Crippen LogP contribution in [0.25, 0.3) is 5.69 Å². The Hall–Kier alpha value is -2.54. The molecule has 0 radical (unpaired) electrons. The number of rotatable bonds is 6. The zero-order chi connectivity index (χ0) is 17.8. The van der Waals surface area contributed by atoms with Crippen LogP contribution in [0.4, 0.5) is 4.39 Å². The number of hydrogen-bond acceptors (Lipinski definition) is 4. The van der Waals surface area contributed by atoms with Gasteiger partial charge in [0.05, 0.1) is 12.8 Å². The van der Waals surface area contributed by atoms with Crippen molar-refractivity contribution in [1.82, 2.24) is 14.3 Å². The normalized spacial score (nSPS) is 10.8. The summed E-state index contributed by atoms with van der Waals surface area (Å²) in [6.45, 7) is 2.34. The summed E-state index contributed by atoms with van der Waals surface area (Å²) in [5.74, 6) is 1.82. The molecule has 0 aliphatic rings. The van der Waals surface area contributed by atoms with E-state index in [2.05, 4.69) is 5.10 Å². The molecule has 0 unspecified atom stereocenters. The average Bonchev–Trinajstić information content (AvgIpc) is 2.91. The second-order valence-corrected chi connectivity index (χ2v) is 6.56. The van der Waals surface area contributed by atoms with E-state index in [9.17, 15) is 9.18 Å². The summed E-state index contributed by atoms with van der Waals surface area (Å²) >= 11 is 1.57. The summed E-state index contributed by atoms with van der Waals surface area (Å²) in [7, 11) is 1.60. The monoisotopic (exact) mass is 359 g/mol.